The summed E-state index contributed by atoms with van der Waals surface area (Å²) in [6.45, 7) is 1.82. The number of nitrogens with one attached hydrogen (secondary N) is 2. The van der Waals surface area contributed by atoms with E-state index in [1.165, 1.54) is 23.6 Å². The number of thiophene rings is 1. The van der Waals surface area contributed by atoms with Gasteiger partial charge in [-0.25, -0.2) is 18.1 Å². The molecule has 5 nitrogen and oxygen atoms in total. The second-order valence-electron chi connectivity index (χ2n) is 3.99. The highest BCUT2D eigenvalue weighted by Gasteiger charge is 2.19. The molecule has 0 aliphatic rings. The smallest absolute Gasteiger partial charge is 0.242 e. The molecule has 2 aromatic heterocycles. The van der Waals surface area contributed by atoms with Gasteiger partial charge in [0.2, 0.25) is 10.0 Å². The van der Waals surface area contributed by atoms with Crippen LogP contribution in [0.2, 0.25) is 0 Å². The molecule has 1 atom stereocenters. The van der Waals surface area contributed by atoms with Crippen LogP contribution in [-0.4, -0.2) is 20.4 Å². The Kier molecular flexibility index (Phi) is 4.18. The molecule has 2 rings (SSSR count). The fourth-order valence-electron chi connectivity index (χ4n) is 1.58. The van der Waals surface area contributed by atoms with Gasteiger partial charge in [-0.05, 0) is 30.5 Å². The van der Waals surface area contributed by atoms with E-state index in [2.05, 4.69) is 15.0 Å². The first kappa shape index (κ1) is 14.0. The number of anilines is 1. The third-order valence-electron chi connectivity index (χ3n) is 2.60. The van der Waals surface area contributed by atoms with Gasteiger partial charge in [-0.1, -0.05) is 6.07 Å². The van der Waals surface area contributed by atoms with E-state index in [9.17, 15) is 8.42 Å². The van der Waals surface area contributed by atoms with Gasteiger partial charge in [0.25, 0.3) is 0 Å². The van der Waals surface area contributed by atoms with Crippen molar-refractivity contribution in [2.75, 3.05) is 12.4 Å². The maximum absolute atomic E-state index is 12.2. The van der Waals surface area contributed by atoms with E-state index < -0.39 is 10.0 Å². The average Bonchev–Trinajstić information content (AvgIpc) is 2.92. The molecule has 0 amide bonds. The van der Waals surface area contributed by atoms with E-state index >= 15 is 0 Å². The standard InChI is InChI=1S/C12H15N3O2S2/c1-9(11-4-3-7-18-11)15-19(16,17)10-5-6-12(13-2)14-8-10/h3-9,15H,1-2H3,(H,13,14). The molecule has 0 spiro atoms. The van der Waals surface area contributed by atoms with E-state index in [0.29, 0.717) is 5.82 Å². The highest BCUT2D eigenvalue weighted by atomic mass is 32.2. The van der Waals surface area contributed by atoms with Crippen LogP contribution in [0.5, 0.6) is 0 Å². The number of hydrogen-bond acceptors (Lipinski definition) is 5. The molecule has 2 N–H and O–H groups in total. The minimum absolute atomic E-state index is 0.162. The molecule has 0 aliphatic heterocycles. The fourth-order valence-corrected chi connectivity index (χ4v) is 3.56. The fraction of sp³-hybridized carbons (Fsp3) is 0.250. The van der Waals surface area contributed by atoms with Crippen molar-refractivity contribution in [3.05, 3.63) is 40.7 Å². The summed E-state index contributed by atoms with van der Waals surface area (Å²) in [6, 6.07) is 6.70. The lowest BCUT2D eigenvalue weighted by Crippen LogP contribution is -2.26. The number of pyridine rings is 1. The van der Waals surface area contributed by atoms with Crippen LogP contribution in [0.3, 0.4) is 0 Å². The van der Waals surface area contributed by atoms with E-state index in [1.807, 2.05) is 24.4 Å². The highest BCUT2D eigenvalue weighted by Crippen LogP contribution is 2.21. The zero-order valence-corrected chi connectivity index (χ0v) is 12.3. The Morgan fingerprint density at radius 2 is 2.11 bits per heavy atom. The highest BCUT2D eigenvalue weighted by molar-refractivity contribution is 7.89. The van der Waals surface area contributed by atoms with Crippen molar-refractivity contribution in [3.8, 4) is 0 Å². The molecule has 7 heteroatoms. The monoisotopic (exact) mass is 297 g/mol. The van der Waals surface area contributed by atoms with Gasteiger partial charge in [-0.15, -0.1) is 11.3 Å². The number of aromatic nitrogens is 1. The molecule has 0 saturated heterocycles. The van der Waals surface area contributed by atoms with Gasteiger partial charge < -0.3 is 5.32 Å². The van der Waals surface area contributed by atoms with Crippen molar-refractivity contribution in [2.45, 2.75) is 17.9 Å². The summed E-state index contributed by atoms with van der Waals surface area (Å²) in [7, 11) is -1.81. The van der Waals surface area contributed by atoms with E-state index in [0.717, 1.165) is 4.88 Å². The zero-order chi connectivity index (χ0) is 13.9. The third-order valence-corrected chi connectivity index (χ3v) is 5.19. The molecule has 0 radical (unpaired) electrons. The van der Waals surface area contributed by atoms with Crippen LogP contribution in [0.1, 0.15) is 17.8 Å². The van der Waals surface area contributed by atoms with Crippen molar-refractivity contribution in [1.82, 2.24) is 9.71 Å². The Bertz CT molecular complexity index is 622. The SMILES string of the molecule is CNc1ccc(S(=O)(=O)NC(C)c2cccs2)cn1. The van der Waals surface area contributed by atoms with Gasteiger partial charge in [-0.2, -0.15) is 0 Å². The van der Waals surface area contributed by atoms with E-state index in [4.69, 9.17) is 0 Å². The summed E-state index contributed by atoms with van der Waals surface area (Å²) in [4.78, 5) is 5.14. The predicted molar refractivity (Wildman–Crippen MR) is 76.8 cm³/mol. The molecular formula is C12H15N3O2S2. The van der Waals surface area contributed by atoms with Crippen LogP contribution < -0.4 is 10.0 Å². The summed E-state index contributed by atoms with van der Waals surface area (Å²) < 4.78 is 27.0. The van der Waals surface area contributed by atoms with Crippen LogP contribution in [0, 0.1) is 0 Å². The maximum Gasteiger partial charge on any atom is 0.242 e. The molecule has 0 fully saturated rings. The molecule has 19 heavy (non-hydrogen) atoms. The first-order valence-electron chi connectivity index (χ1n) is 5.72. The predicted octanol–water partition coefficient (Wildman–Crippen LogP) is 2.22. The van der Waals surface area contributed by atoms with Crippen LogP contribution >= 0.6 is 11.3 Å². The van der Waals surface area contributed by atoms with Crippen molar-refractivity contribution >= 4 is 27.2 Å². The van der Waals surface area contributed by atoms with Crippen LogP contribution in [0.15, 0.2) is 40.7 Å². The van der Waals surface area contributed by atoms with Gasteiger partial charge in [0.15, 0.2) is 0 Å². The Hall–Kier alpha value is -1.44. The quantitative estimate of drug-likeness (QED) is 0.888. The Morgan fingerprint density at radius 1 is 1.32 bits per heavy atom. The van der Waals surface area contributed by atoms with Crippen LogP contribution in [0.4, 0.5) is 5.82 Å². The molecule has 0 bridgehead atoms. The van der Waals surface area contributed by atoms with Crippen molar-refractivity contribution in [3.63, 3.8) is 0 Å². The number of hydrogen-bond donors (Lipinski definition) is 2. The largest absolute Gasteiger partial charge is 0.373 e. The average molecular weight is 297 g/mol. The van der Waals surface area contributed by atoms with Crippen molar-refractivity contribution in [2.24, 2.45) is 0 Å². The minimum Gasteiger partial charge on any atom is -0.373 e. The normalized spacial score (nSPS) is 13.2. The van der Waals surface area contributed by atoms with Gasteiger partial charge in [-0.3, -0.25) is 0 Å². The number of sulfonamides is 1. The Labute approximate surface area is 116 Å². The van der Waals surface area contributed by atoms with Crippen molar-refractivity contribution in [1.29, 1.82) is 0 Å². The zero-order valence-electron chi connectivity index (χ0n) is 10.6. The lowest BCUT2D eigenvalue weighted by molar-refractivity contribution is 0.568. The summed E-state index contributed by atoms with van der Waals surface area (Å²) in [6.07, 6.45) is 1.34. The Balaban J connectivity index is 2.17. The van der Waals surface area contributed by atoms with Gasteiger partial charge in [0.05, 0.1) is 6.04 Å². The van der Waals surface area contributed by atoms with Gasteiger partial charge in [0, 0.05) is 18.1 Å². The molecule has 2 heterocycles. The van der Waals surface area contributed by atoms with Gasteiger partial charge in [0.1, 0.15) is 10.7 Å². The summed E-state index contributed by atoms with van der Waals surface area (Å²) >= 11 is 1.52. The summed E-state index contributed by atoms with van der Waals surface area (Å²) in [5, 5.41) is 4.76. The lowest BCUT2D eigenvalue weighted by Gasteiger charge is -2.12. The summed E-state index contributed by atoms with van der Waals surface area (Å²) in [5.41, 5.74) is 0. The molecule has 2 aromatic rings. The Morgan fingerprint density at radius 3 is 2.63 bits per heavy atom. The maximum atomic E-state index is 12.2. The molecule has 0 aliphatic carbocycles. The molecule has 102 valence electrons. The van der Waals surface area contributed by atoms with Crippen LogP contribution in [0.25, 0.3) is 0 Å². The second-order valence-corrected chi connectivity index (χ2v) is 6.68. The van der Waals surface area contributed by atoms with E-state index in [1.54, 1.807) is 13.1 Å². The van der Waals surface area contributed by atoms with Crippen molar-refractivity contribution < 1.29 is 8.42 Å². The first-order chi connectivity index (χ1) is 9.03. The molecule has 0 saturated carbocycles. The van der Waals surface area contributed by atoms with E-state index in [-0.39, 0.29) is 10.9 Å². The molecular weight excluding hydrogens is 282 g/mol. The van der Waals surface area contributed by atoms with Gasteiger partial charge >= 0.3 is 0 Å². The summed E-state index contributed by atoms with van der Waals surface area (Å²) in [5.74, 6) is 0.630. The third kappa shape index (κ3) is 3.31. The molecule has 0 aromatic carbocycles. The second kappa shape index (κ2) is 5.68. The molecule has 1 unspecified atom stereocenters. The number of rotatable bonds is 5. The topological polar surface area (TPSA) is 71.1 Å². The number of nitrogens with zero attached hydrogens (tertiary/aromatic N) is 1. The minimum atomic E-state index is -3.54. The van der Waals surface area contributed by atoms with Crippen LogP contribution in [-0.2, 0) is 10.0 Å². The first-order valence-corrected chi connectivity index (χ1v) is 8.09. The lowest BCUT2D eigenvalue weighted by atomic mass is 10.3.